The first-order chi connectivity index (χ1) is 10.8. The standard InChI is InChI=1S/C17H31PS4/c1-4-7-10-18(11-8-5-2,12-9-6-3)17-21-15-16(22-17)20-14-13-19-15/h4-14H2,1-3H3. The van der Waals surface area contributed by atoms with Crippen LogP contribution in [-0.4, -0.2) is 30.0 Å². The van der Waals surface area contributed by atoms with Crippen LogP contribution in [0.25, 0.3) is 0 Å². The van der Waals surface area contributed by atoms with Crippen molar-refractivity contribution in [1.82, 2.24) is 0 Å². The molecule has 0 atom stereocenters. The number of hydrogen-bond donors (Lipinski definition) is 0. The molecule has 22 heavy (non-hydrogen) atoms. The van der Waals surface area contributed by atoms with Gasteiger partial charge in [-0.25, -0.2) is 0 Å². The van der Waals surface area contributed by atoms with Gasteiger partial charge in [-0.2, -0.15) is 0 Å². The van der Waals surface area contributed by atoms with E-state index in [4.69, 9.17) is 0 Å². The number of fused-ring (bicyclic) bond motifs is 1. The molecule has 1 aliphatic rings. The fourth-order valence-corrected chi connectivity index (χ4v) is 16.4. The van der Waals surface area contributed by atoms with Gasteiger partial charge < -0.3 is 0 Å². The molecule has 0 saturated heterocycles. The Labute approximate surface area is 153 Å². The maximum atomic E-state index is 2.36. The van der Waals surface area contributed by atoms with Crippen molar-refractivity contribution in [3.8, 4) is 0 Å². The molecule has 1 aromatic rings. The molecule has 0 bridgehead atoms. The number of rotatable bonds is 9. The molecule has 5 heteroatoms. The molecule has 0 amide bonds. The van der Waals surface area contributed by atoms with Crippen molar-refractivity contribution >= 4 is 53.1 Å². The first-order valence-corrected chi connectivity index (χ1v) is 14.8. The third-order valence-corrected chi connectivity index (χ3v) is 16.8. The summed E-state index contributed by atoms with van der Waals surface area (Å²) < 4.78 is 5.19. The third kappa shape index (κ3) is 5.09. The number of thioether (sulfide) groups is 2. The molecule has 0 aliphatic carbocycles. The minimum Gasteiger partial charge on any atom is -0.116 e. The topological polar surface area (TPSA) is 0 Å². The molecular formula is C17H31PS4. The fourth-order valence-electron chi connectivity index (χ4n) is 2.89. The van der Waals surface area contributed by atoms with Gasteiger partial charge in [-0.1, -0.05) is 46.9 Å². The van der Waals surface area contributed by atoms with Crippen molar-refractivity contribution in [3.63, 3.8) is 0 Å². The highest BCUT2D eigenvalue weighted by Crippen LogP contribution is 2.58. The van der Waals surface area contributed by atoms with Crippen LogP contribution in [0.4, 0.5) is 0 Å². The van der Waals surface area contributed by atoms with Crippen LogP contribution < -0.4 is 0 Å². The number of hydrogen-bond acceptors (Lipinski definition) is 4. The second-order valence-electron chi connectivity index (χ2n) is 6.12. The molecule has 2 heterocycles. The highest BCUT2D eigenvalue weighted by molar-refractivity contribution is 8.08. The van der Waals surface area contributed by atoms with Gasteiger partial charge >= 0.3 is 0 Å². The van der Waals surface area contributed by atoms with Crippen LogP contribution in [0.3, 0.4) is 0 Å². The van der Waals surface area contributed by atoms with E-state index < -0.39 is 6.89 Å². The van der Waals surface area contributed by atoms with E-state index in [1.807, 2.05) is 3.57 Å². The Hall–Kier alpha value is 1.18. The molecule has 0 nitrogen and oxygen atoms in total. The summed E-state index contributed by atoms with van der Waals surface area (Å²) in [6.45, 7) is 6.20. The van der Waals surface area contributed by atoms with Gasteiger partial charge in [0, 0.05) is 11.5 Å². The average Bonchev–Trinajstić information content (AvgIpc) is 2.99. The molecule has 2 rings (SSSR count). The summed E-state index contributed by atoms with van der Waals surface area (Å²) >= 11 is 8.65. The first kappa shape index (κ1) is 19.5. The summed E-state index contributed by atoms with van der Waals surface area (Å²) in [4.78, 5) is 0. The van der Waals surface area contributed by atoms with Crippen LogP contribution in [-0.2, 0) is 0 Å². The van der Waals surface area contributed by atoms with E-state index in [1.165, 1.54) is 68.5 Å². The zero-order chi connectivity index (χ0) is 15.8. The van der Waals surface area contributed by atoms with Crippen molar-refractivity contribution in [2.24, 2.45) is 0 Å². The van der Waals surface area contributed by atoms with Crippen LogP contribution in [0.5, 0.6) is 0 Å². The van der Waals surface area contributed by atoms with Gasteiger partial charge in [0.25, 0.3) is 0 Å². The van der Waals surface area contributed by atoms with E-state index in [1.54, 1.807) is 8.42 Å². The van der Waals surface area contributed by atoms with Crippen LogP contribution in [0.1, 0.15) is 59.3 Å². The van der Waals surface area contributed by atoms with E-state index in [0.717, 1.165) is 0 Å². The Morgan fingerprint density at radius 2 is 1.14 bits per heavy atom. The van der Waals surface area contributed by atoms with Gasteiger partial charge in [-0.15, -0.1) is 46.2 Å². The maximum absolute atomic E-state index is 2.36. The minimum absolute atomic E-state index is 0.892. The smallest absolute Gasteiger partial charge is 0.0851 e. The zero-order valence-corrected chi connectivity index (χ0v) is 18.5. The lowest BCUT2D eigenvalue weighted by Crippen LogP contribution is -2.01. The second-order valence-corrected chi connectivity index (χ2v) is 15.8. The summed E-state index contributed by atoms with van der Waals surface area (Å²) in [5, 5.41) is 0. The monoisotopic (exact) mass is 394 g/mol. The van der Waals surface area contributed by atoms with Crippen molar-refractivity contribution in [1.29, 1.82) is 0 Å². The van der Waals surface area contributed by atoms with E-state index >= 15 is 0 Å². The van der Waals surface area contributed by atoms with Crippen LogP contribution in [0, 0.1) is 3.57 Å². The van der Waals surface area contributed by atoms with Crippen molar-refractivity contribution < 1.29 is 0 Å². The Balaban J connectivity index is 2.46. The molecule has 0 spiro atoms. The van der Waals surface area contributed by atoms with Gasteiger partial charge in [0.15, 0.2) is 0 Å². The Morgan fingerprint density at radius 1 is 0.727 bits per heavy atom. The summed E-state index contributed by atoms with van der Waals surface area (Å²) in [7, 11) is 0. The average molecular weight is 395 g/mol. The quantitative estimate of drug-likeness (QED) is 0.390. The fraction of sp³-hybridized carbons (Fsp3) is 0.824. The number of unbranched alkanes of at least 4 members (excludes halogenated alkanes) is 3. The lowest BCUT2D eigenvalue weighted by molar-refractivity contribution is 0.843. The molecule has 0 saturated carbocycles. The molecule has 1 aromatic heterocycles. The molecule has 128 valence electrons. The molecule has 0 aromatic carbocycles. The molecule has 0 fully saturated rings. The summed E-state index contributed by atoms with van der Waals surface area (Å²) in [5.74, 6) is 2.63. The van der Waals surface area contributed by atoms with Gasteiger partial charge in [0.1, 0.15) is 0 Å². The van der Waals surface area contributed by atoms with Gasteiger partial charge in [-0.05, 0) is 37.7 Å². The van der Waals surface area contributed by atoms with Crippen molar-refractivity contribution in [2.75, 3.05) is 30.0 Å². The molecule has 1 aliphatic heterocycles. The third-order valence-electron chi connectivity index (χ3n) is 4.28. The molecular weight excluding hydrogens is 363 g/mol. The summed E-state index contributed by atoms with van der Waals surface area (Å²) in [6, 6.07) is 0. The highest BCUT2D eigenvalue weighted by atomic mass is 32.2. The van der Waals surface area contributed by atoms with Crippen LogP contribution in [0.15, 0.2) is 8.42 Å². The first-order valence-electron chi connectivity index (χ1n) is 8.85. The Morgan fingerprint density at radius 3 is 1.50 bits per heavy atom. The lowest BCUT2D eigenvalue weighted by Gasteiger charge is -2.25. The van der Waals surface area contributed by atoms with Gasteiger partial charge in [0.2, 0.25) is 0 Å². The normalized spacial score (nSPS) is 15.0. The van der Waals surface area contributed by atoms with Gasteiger partial charge in [-0.3, -0.25) is 0 Å². The predicted molar refractivity (Wildman–Crippen MR) is 113 cm³/mol. The zero-order valence-electron chi connectivity index (χ0n) is 14.4. The van der Waals surface area contributed by atoms with E-state index in [2.05, 4.69) is 67.0 Å². The largest absolute Gasteiger partial charge is 0.116 e. The molecule has 0 unspecified atom stereocenters. The molecule has 0 N–H and O–H groups in total. The Kier molecular flexibility index (Phi) is 9.07. The van der Waals surface area contributed by atoms with Crippen LogP contribution >= 0.6 is 53.1 Å². The highest BCUT2D eigenvalue weighted by Gasteiger charge is 2.22. The molecule has 0 radical (unpaired) electrons. The van der Waals surface area contributed by atoms with Crippen LogP contribution in [0.2, 0.25) is 0 Å². The van der Waals surface area contributed by atoms with Crippen molar-refractivity contribution in [2.45, 2.75) is 67.7 Å². The van der Waals surface area contributed by atoms with Gasteiger partial charge in [0.05, 0.1) is 12.0 Å². The lowest BCUT2D eigenvalue weighted by atomic mass is 10.4. The minimum atomic E-state index is -0.892. The second kappa shape index (κ2) is 10.2. The Bertz CT molecular complexity index is 474. The van der Waals surface area contributed by atoms with E-state index in [-0.39, 0.29) is 0 Å². The van der Waals surface area contributed by atoms with Crippen molar-refractivity contribution in [3.05, 3.63) is 3.57 Å². The summed E-state index contributed by atoms with van der Waals surface area (Å²) in [6.07, 6.45) is 13.0. The summed E-state index contributed by atoms with van der Waals surface area (Å²) in [5.41, 5.74) is 0. The predicted octanol–water partition coefficient (Wildman–Crippen LogP) is 7.96. The SMILES string of the molecule is CCCCP(CCCC)(CCCC)=c1sc2c(s1)SCCS2. The van der Waals surface area contributed by atoms with E-state index in [9.17, 15) is 0 Å². The van der Waals surface area contributed by atoms with E-state index in [0.29, 0.717) is 0 Å². The maximum Gasteiger partial charge on any atom is 0.0851 e.